The third-order valence-electron chi connectivity index (χ3n) is 5.63. The van der Waals surface area contributed by atoms with Gasteiger partial charge in [0, 0.05) is 12.3 Å². The Hall–Kier alpha value is -1.35. The molecule has 2 aliphatic carbocycles. The van der Waals surface area contributed by atoms with E-state index >= 15 is 0 Å². The predicted octanol–water partition coefficient (Wildman–Crippen LogP) is 3.53. The zero-order valence-corrected chi connectivity index (χ0v) is 13.4. The lowest BCUT2D eigenvalue weighted by Crippen LogP contribution is -2.49. The van der Waals surface area contributed by atoms with Gasteiger partial charge in [0.2, 0.25) is 0 Å². The van der Waals surface area contributed by atoms with E-state index in [0.717, 1.165) is 50.7 Å². The fraction of sp³-hybridized carbons (Fsp3) is 0.632. The number of hydrogen-bond acceptors (Lipinski definition) is 3. The van der Waals surface area contributed by atoms with Gasteiger partial charge >= 0.3 is 0 Å². The molecule has 0 heterocycles. The molecule has 2 aliphatic rings. The summed E-state index contributed by atoms with van der Waals surface area (Å²) >= 11 is 0. The minimum atomic E-state index is -0.665. The fourth-order valence-electron chi connectivity index (χ4n) is 4.43. The molecule has 1 aromatic carbocycles. The van der Waals surface area contributed by atoms with Gasteiger partial charge in [-0.15, -0.1) is 0 Å². The van der Waals surface area contributed by atoms with Crippen LogP contribution in [0.2, 0.25) is 0 Å². The summed E-state index contributed by atoms with van der Waals surface area (Å²) in [5.41, 5.74) is 0.527. The zero-order chi connectivity index (χ0) is 15.6. The van der Waals surface area contributed by atoms with E-state index < -0.39 is 5.60 Å². The first-order valence-corrected chi connectivity index (χ1v) is 8.50. The quantitative estimate of drug-likeness (QED) is 0.925. The number of ketones is 1. The Morgan fingerprint density at radius 3 is 3.00 bits per heavy atom. The summed E-state index contributed by atoms with van der Waals surface area (Å²) in [6, 6.07) is 8.05. The lowest BCUT2D eigenvalue weighted by molar-refractivity contribution is -0.142. The van der Waals surface area contributed by atoms with Gasteiger partial charge in [-0.05, 0) is 68.6 Å². The molecule has 2 fully saturated rings. The molecule has 1 aromatic rings. The summed E-state index contributed by atoms with van der Waals surface area (Å²) in [5, 5.41) is 11.2. The molecular weight excluding hydrogens is 276 g/mol. The largest absolute Gasteiger partial charge is 0.497 e. The molecule has 2 saturated carbocycles. The van der Waals surface area contributed by atoms with Crippen molar-refractivity contribution in [2.24, 2.45) is 11.8 Å². The first-order valence-electron chi connectivity index (χ1n) is 8.50. The van der Waals surface area contributed by atoms with Gasteiger partial charge in [0.1, 0.15) is 11.5 Å². The Kier molecular flexibility index (Phi) is 4.53. The summed E-state index contributed by atoms with van der Waals surface area (Å²) in [4.78, 5) is 12.1. The second kappa shape index (κ2) is 6.41. The lowest BCUT2D eigenvalue weighted by Gasteiger charge is -2.46. The molecule has 0 bridgehead atoms. The number of ether oxygens (including phenoxy) is 1. The van der Waals surface area contributed by atoms with Crippen LogP contribution in [0.4, 0.5) is 0 Å². The number of Topliss-reactive ketones (excluding diaryl/α,β-unsaturated/α-hetero) is 1. The number of aliphatic hydroxyl groups is 1. The van der Waals surface area contributed by atoms with E-state index in [2.05, 4.69) is 6.07 Å². The van der Waals surface area contributed by atoms with Crippen LogP contribution in [0.1, 0.15) is 50.5 Å². The first-order chi connectivity index (χ1) is 10.6. The van der Waals surface area contributed by atoms with Crippen LogP contribution in [-0.2, 0) is 11.2 Å². The van der Waals surface area contributed by atoms with E-state index in [9.17, 15) is 9.90 Å². The van der Waals surface area contributed by atoms with Crippen molar-refractivity contribution in [2.75, 3.05) is 7.11 Å². The standard InChI is InChI=1S/C19H26O3/c1-22-15-6-2-5-14(13-15)10-12-19(21)11-4-7-16-17(19)8-3-9-18(16)20/h2,5-6,13,16-17,21H,3-4,7-12H2,1H3/t16-,17-,19-/m1/s1. The molecule has 0 aromatic heterocycles. The molecule has 1 N–H and O–H groups in total. The van der Waals surface area contributed by atoms with Crippen LogP contribution in [-0.4, -0.2) is 23.6 Å². The van der Waals surface area contributed by atoms with Crippen LogP contribution in [0.5, 0.6) is 5.75 Å². The van der Waals surface area contributed by atoms with Crippen LogP contribution in [0.15, 0.2) is 24.3 Å². The number of hydrogen-bond donors (Lipinski definition) is 1. The molecule has 0 spiro atoms. The molecule has 3 rings (SSSR count). The van der Waals surface area contributed by atoms with Crippen molar-refractivity contribution in [1.82, 2.24) is 0 Å². The van der Waals surface area contributed by atoms with Crippen molar-refractivity contribution >= 4 is 5.78 Å². The average molecular weight is 302 g/mol. The van der Waals surface area contributed by atoms with E-state index in [1.165, 1.54) is 5.56 Å². The van der Waals surface area contributed by atoms with Crippen molar-refractivity contribution in [1.29, 1.82) is 0 Å². The number of carbonyl (C=O) groups is 1. The highest BCUT2D eigenvalue weighted by atomic mass is 16.5. The van der Waals surface area contributed by atoms with E-state index in [-0.39, 0.29) is 11.8 Å². The average Bonchev–Trinajstić information content (AvgIpc) is 2.55. The molecular formula is C19H26O3. The SMILES string of the molecule is COc1cccc(CC[C@]2(O)CCC[C@H]3C(=O)CCC[C@H]32)c1. The van der Waals surface area contributed by atoms with Crippen molar-refractivity contribution in [3.05, 3.63) is 29.8 Å². The predicted molar refractivity (Wildman–Crippen MR) is 86.0 cm³/mol. The third-order valence-corrected chi connectivity index (χ3v) is 5.63. The van der Waals surface area contributed by atoms with Gasteiger partial charge in [-0.1, -0.05) is 12.1 Å². The highest BCUT2D eigenvalue weighted by molar-refractivity contribution is 5.82. The maximum absolute atomic E-state index is 12.1. The molecule has 0 radical (unpaired) electrons. The Bertz CT molecular complexity index is 539. The zero-order valence-electron chi connectivity index (χ0n) is 13.4. The van der Waals surface area contributed by atoms with Crippen molar-refractivity contribution < 1.29 is 14.6 Å². The van der Waals surface area contributed by atoms with Gasteiger partial charge in [-0.3, -0.25) is 4.79 Å². The van der Waals surface area contributed by atoms with Gasteiger partial charge < -0.3 is 9.84 Å². The number of carbonyl (C=O) groups excluding carboxylic acids is 1. The van der Waals surface area contributed by atoms with E-state index in [4.69, 9.17) is 4.74 Å². The molecule has 0 amide bonds. The number of aryl methyl sites for hydroxylation is 1. The van der Waals surface area contributed by atoms with Crippen LogP contribution in [0.3, 0.4) is 0 Å². The maximum Gasteiger partial charge on any atom is 0.136 e. The summed E-state index contributed by atoms with van der Waals surface area (Å²) < 4.78 is 5.26. The van der Waals surface area contributed by atoms with Crippen molar-refractivity contribution in [3.63, 3.8) is 0 Å². The number of benzene rings is 1. The normalized spacial score (nSPS) is 31.6. The first kappa shape index (κ1) is 15.5. The Balaban J connectivity index is 1.70. The summed E-state index contributed by atoms with van der Waals surface area (Å²) in [7, 11) is 1.67. The minimum Gasteiger partial charge on any atom is -0.497 e. The van der Waals surface area contributed by atoms with Crippen LogP contribution >= 0.6 is 0 Å². The Labute approximate surface area is 132 Å². The van der Waals surface area contributed by atoms with Crippen molar-refractivity contribution in [3.8, 4) is 5.75 Å². The number of rotatable bonds is 4. The molecule has 120 valence electrons. The van der Waals surface area contributed by atoms with Crippen molar-refractivity contribution in [2.45, 2.75) is 57.0 Å². The highest BCUT2D eigenvalue weighted by Gasteiger charge is 2.47. The van der Waals surface area contributed by atoms with E-state index in [1.807, 2.05) is 18.2 Å². The summed E-state index contributed by atoms with van der Waals surface area (Å²) in [5.74, 6) is 1.53. The van der Waals surface area contributed by atoms with Gasteiger partial charge in [-0.2, -0.15) is 0 Å². The fourth-order valence-corrected chi connectivity index (χ4v) is 4.43. The van der Waals surface area contributed by atoms with Gasteiger partial charge in [0.15, 0.2) is 0 Å². The van der Waals surface area contributed by atoms with E-state index in [1.54, 1.807) is 7.11 Å². The molecule has 0 aliphatic heterocycles. The van der Waals surface area contributed by atoms with Gasteiger partial charge in [-0.25, -0.2) is 0 Å². The second-order valence-electron chi connectivity index (χ2n) is 6.92. The molecule has 0 saturated heterocycles. The number of fused-ring (bicyclic) bond motifs is 1. The number of methoxy groups -OCH3 is 1. The molecule has 22 heavy (non-hydrogen) atoms. The highest BCUT2D eigenvalue weighted by Crippen LogP contribution is 2.46. The van der Waals surface area contributed by atoms with Gasteiger partial charge in [0.05, 0.1) is 12.7 Å². The Morgan fingerprint density at radius 2 is 2.18 bits per heavy atom. The monoisotopic (exact) mass is 302 g/mol. The van der Waals surface area contributed by atoms with Crippen LogP contribution in [0, 0.1) is 11.8 Å². The molecule has 3 nitrogen and oxygen atoms in total. The topological polar surface area (TPSA) is 46.5 Å². The van der Waals surface area contributed by atoms with Crippen LogP contribution < -0.4 is 4.74 Å². The van der Waals surface area contributed by atoms with Gasteiger partial charge in [0.25, 0.3) is 0 Å². The summed E-state index contributed by atoms with van der Waals surface area (Å²) in [6.07, 6.45) is 7.04. The lowest BCUT2D eigenvalue weighted by atomic mass is 9.61. The summed E-state index contributed by atoms with van der Waals surface area (Å²) in [6.45, 7) is 0. The third kappa shape index (κ3) is 3.05. The molecule has 3 heteroatoms. The second-order valence-corrected chi connectivity index (χ2v) is 6.92. The molecule has 0 unspecified atom stereocenters. The smallest absolute Gasteiger partial charge is 0.136 e. The molecule has 3 atom stereocenters. The minimum absolute atomic E-state index is 0.109. The Morgan fingerprint density at radius 1 is 1.32 bits per heavy atom. The maximum atomic E-state index is 12.1. The van der Waals surface area contributed by atoms with Crippen LogP contribution in [0.25, 0.3) is 0 Å². The van der Waals surface area contributed by atoms with E-state index in [0.29, 0.717) is 12.2 Å².